The van der Waals surface area contributed by atoms with Gasteiger partial charge >= 0.3 is 12.0 Å². The third kappa shape index (κ3) is 5.62. The van der Waals surface area contributed by atoms with Crippen molar-refractivity contribution < 1.29 is 19.5 Å². The molecular formula is C11H21N3O4. The number of imide groups is 1. The number of carbonyl (C=O) groups is 3. The van der Waals surface area contributed by atoms with Crippen LogP contribution in [0.25, 0.3) is 0 Å². The normalized spacial score (nSPS) is 19.7. The summed E-state index contributed by atoms with van der Waals surface area (Å²) >= 11 is 0. The van der Waals surface area contributed by atoms with Crippen molar-refractivity contribution in [3.8, 4) is 0 Å². The van der Waals surface area contributed by atoms with Gasteiger partial charge in [0.1, 0.15) is 12.1 Å². The molecule has 7 heteroatoms. The van der Waals surface area contributed by atoms with E-state index in [4.69, 9.17) is 10.8 Å². The molecule has 3 amide bonds. The van der Waals surface area contributed by atoms with Crippen molar-refractivity contribution >= 4 is 17.9 Å². The van der Waals surface area contributed by atoms with Crippen molar-refractivity contribution in [2.45, 2.75) is 45.7 Å². The molecule has 1 rings (SSSR count). The van der Waals surface area contributed by atoms with Gasteiger partial charge in [0, 0.05) is 0 Å². The van der Waals surface area contributed by atoms with Gasteiger partial charge < -0.3 is 16.2 Å². The van der Waals surface area contributed by atoms with Gasteiger partial charge in [-0.2, -0.15) is 0 Å². The van der Waals surface area contributed by atoms with E-state index in [0.717, 1.165) is 6.42 Å². The fraction of sp³-hybridized carbons (Fsp3) is 0.727. The van der Waals surface area contributed by atoms with Crippen LogP contribution in [0.4, 0.5) is 4.79 Å². The van der Waals surface area contributed by atoms with Gasteiger partial charge in [-0.3, -0.25) is 14.9 Å². The summed E-state index contributed by atoms with van der Waals surface area (Å²) in [6, 6.07) is -1.39. The molecule has 1 aliphatic rings. The summed E-state index contributed by atoms with van der Waals surface area (Å²) in [7, 11) is 0. The lowest BCUT2D eigenvalue weighted by Gasteiger charge is -2.09. The zero-order chi connectivity index (χ0) is 14.3. The molecule has 0 aliphatic carbocycles. The molecule has 1 aliphatic heterocycles. The van der Waals surface area contributed by atoms with Crippen molar-refractivity contribution in [3.63, 3.8) is 0 Å². The smallest absolute Gasteiger partial charge is 0.322 e. The first-order valence-electron chi connectivity index (χ1n) is 5.89. The number of amides is 3. The fourth-order valence-corrected chi connectivity index (χ4v) is 1.34. The van der Waals surface area contributed by atoms with E-state index in [1.54, 1.807) is 0 Å². The molecule has 18 heavy (non-hydrogen) atoms. The topological polar surface area (TPSA) is 122 Å². The molecule has 0 aromatic carbocycles. The predicted molar refractivity (Wildman–Crippen MR) is 65.8 cm³/mol. The van der Waals surface area contributed by atoms with Crippen molar-refractivity contribution in [2.75, 3.05) is 0 Å². The van der Waals surface area contributed by atoms with Crippen LogP contribution in [-0.4, -0.2) is 35.1 Å². The highest BCUT2D eigenvalue weighted by molar-refractivity contribution is 6.04. The van der Waals surface area contributed by atoms with Crippen LogP contribution in [0.1, 0.15) is 33.6 Å². The first kappa shape index (κ1) is 16.4. The maximum Gasteiger partial charge on any atom is 0.322 e. The first-order valence-corrected chi connectivity index (χ1v) is 5.89. The lowest BCUT2D eigenvalue weighted by molar-refractivity contribution is -0.138. The summed E-state index contributed by atoms with van der Waals surface area (Å²) in [4.78, 5) is 31.3. The summed E-state index contributed by atoms with van der Waals surface area (Å²) in [6.45, 7) is 5.68. The molecule has 2 unspecified atom stereocenters. The Balaban J connectivity index is 0.000000331. The molecule has 7 nitrogen and oxygen atoms in total. The van der Waals surface area contributed by atoms with Crippen LogP contribution in [0.3, 0.4) is 0 Å². The Labute approximate surface area is 106 Å². The number of hydrogen-bond donors (Lipinski definition) is 4. The van der Waals surface area contributed by atoms with E-state index in [1.807, 2.05) is 20.8 Å². The molecule has 0 saturated carbocycles. The molecular weight excluding hydrogens is 238 g/mol. The predicted octanol–water partition coefficient (Wildman–Crippen LogP) is 0.0488. The van der Waals surface area contributed by atoms with E-state index in [1.165, 1.54) is 0 Å². The Morgan fingerprint density at radius 3 is 2.17 bits per heavy atom. The van der Waals surface area contributed by atoms with Crippen LogP contribution in [0.5, 0.6) is 0 Å². The van der Waals surface area contributed by atoms with Gasteiger partial charge in [0.25, 0.3) is 5.91 Å². The van der Waals surface area contributed by atoms with Gasteiger partial charge in [-0.1, -0.05) is 27.2 Å². The molecule has 5 N–H and O–H groups in total. The Bertz CT molecular complexity index is 317. The number of carboxylic acid groups (broad SMARTS) is 1. The summed E-state index contributed by atoms with van der Waals surface area (Å²) in [5.74, 6) is -0.974. The monoisotopic (exact) mass is 259 g/mol. The number of carbonyl (C=O) groups excluding carboxylic acids is 2. The van der Waals surface area contributed by atoms with E-state index in [-0.39, 0.29) is 23.9 Å². The Morgan fingerprint density at radius 2 is 2.00 bits per heavy atom. The molecule has 1 saturated heterocycles. The Hall–Kier alpha value is -1.63. The van der Waals surface area contributed by atoms with E-state index in [0.29, 0.717) is 6.42 Å². The zero-order valence-corrected chi connectivity index (χ0v) is 10.9. The number of hydrogen-bond acceptors (Lipinski definition) is 4. The van der Waals surface area contributed by atoms with E-state index >= 15 is 0 Å². The van der Waals surface area contributed by atoms with Gasteiger partial charge in [0.2, 0.25) is 0 Å². The molecule has 0 bridgehead atoms. The van der Waals surface area contributed by atoms with Crippen molar-refractivity contribution in [1.29, 1.82) is 0 Å². The zero-order valence-electron chi connectivity index (χ0n) is 10.9. The molecule has 0 spiro atoms. The standard InChI is InChI=1S/C6H10N2O2.C5H11NO2/c1-3(2)4-5(9)8-6(10)7-4;1-2-3-4(6)5(7)8/h3-4H,1-2H3,(H2,7,8,9,10);4H,2-3,6H2,1H3,(H,7,8). The molecule has 104 valence electrons. The largest absolute Gasteiger partial charge is 0.480 e. The molecule has 0 aromatic rings. The average molecular weight is 259 g/mol. The maximum atomic E-state index is 10.8. The van der Waals surface area contributed by atoms with Gasteiger partial charge in [0.15, 0.2) is 0 Å². The van der Waals surface area contributed by atoms with E-state index < -0.39 is 12.0 Å². The third-order valence-corrected chi connectivity index (χ3v) is 2.39. The van der Waals surface area contributed by atoms with Crippen LogP contribution in [-0.2, 0) is 9.59 Å². The summed E-state index contributed by atoms with van der Waals surface area (Å²) in [6.07, 6.45) is 1.39. The second kappa shape index (κ2) is 7.65. The minimum atomic E-state index is -0.910. The van der Waals surface area contributed by atoms with Crippen molar-refractivity contribution in [1.82, 2.24) is 10.6 Å². The van der Waals surface area contributed by atoms with Crippen molar-refractivity contribution in [2.24, 2.45) is 11.7 Å². The number of nitrogens with two attached hydrogens (primary N) is 1. The number of nitrogens with one attached hydrogen (secondary N) is 2. The Morgan fingerprint density at radius 1 is 1.44 bits per heavy atom. The summed E-state index contributed by atoms with van der Waals surface area (Å²) in [5.41, 5.74) is 5.13. The number of carboxylic acids is 1. The summed E-state index contributed by atoms with van der Waals surface area (Å²) in [5, 5.41) is 12.9. The highest BCUT2D eigenvalue weighted by Gasteiger charge is 2.31. The minimum Gasteiger partial charge on any atom is -0.480 e. The van der Waals surface area contributed by atoms with Gasteiger partial charge in [0.05, 0.1) is 0 Å². The third-order valence-electron chi connectivity index (χ3n) is 2.39. The molecule has 0 aromatic heterocycles. The van der Waals surface area contributed by atoms with Crippen LogP contribution >= 0.6 is 0 Å². The SMILES string of the molecule is CC(C)C1NC(=O)NC1=O.CCCC(N)C(=O)O. The maximum absolute atomic E-state index is 10.8. The lowest BCUT2D eigenvalue weighted by Crippen LogP contribution is -2.33. The summed E-state index contributed by atoms with van der Waals surface area (Å²) < 4.78 is 0. The average Bonchev–Trinajstić information content (AvgIpc) is 2.59. The number of rotatable bonds is 4. The highest BCUT2D eigenvalue weighted by Crippen LogP contribution is 2.04. The molecule has 2 atom stereocenters. The van der Waals surface area contributed by atoms with Crippen LogP contribution < -0.4 is 16.4 Å². The van der Waals surface area contributed by atoms with Gasteiger partial charge in [-0.15, -0.1) is 0 Å². The lowest BCUT2D eigenvalue weighted by atomic mass is 10.1. The second-order valence-electron chi connectivity index (χ2n) is 4.42. The molecule has 1 fully saturated rings. The van der Waals surface area contributed by atoms with Crippen LogP contribution in [0.15, 0.2) is 0 Å². The van der Waals surface area contributed by atoms with E-state index in [2.05, 4.69) is 10.6 Å². The fourth-order valence-electron chi connectivity index (χ4n) is 1.34. The number of urea groups is 1. The minimum absolute atomic E-state index is 0.159. The second-order valence-corrected chi connectivity index (χ2v) is 4.42. The van der Waals surface area contributed by atoms with E-state index in [9.17, 15) is 14.4 Å². The highest BCUT2D eigenvalue weighted by atomic mass is 16.4. The Kier molecular flexibility index (Phi) is 6.96. The van der Waals surface area contributed by atoms with Crippen LogP contribution in [0.2, 0.25) is 0 Å². The van der Waals surface area contributed by atoms with Gasteiger partial charge in [-0.25, -0.2) is 4.79 Å². The van der Waals surface area contributed by atoms with Crippen molar-refractivity contribution in [3.05, 3.63) is 0 Å². The quantitative estimate of drug-likeness (QED) is 0.531. The van der Waals surface area contributed by atoms with Gasteiger partial charge in [-0.05, 0) is 12.3 Å². The first-order chi connectivity index (χ1) is 8.29. The molecule has 1 heterocycles. The number of aliphatic carboxylic acids is 1. The molecule has 0 radical (unpaired) electrons. The van der Waals surface area contributed by atoms with Crippen LogP contribution in [0, 0.1) is 5.92 Å².